The van der Waals surface area contributed by atoms with Crippen molar-refractivity contribution in [3.8, 4) is 12.1 Å². The number of rotatable bonds is 3. The fourth-order valence-electron chi connectivity index (χ4n) is 2.54. The van der Waals surface area contributed by atoms with E-state index in [1.54, 1.807) is 24.3 Å². The molecule has 5 heteroatoms. The van der Waals surface area contributed by atoms with E-state index in [4.69, 9.17) is 10.5 Å². The molecule has 19 heavy (non-hydrogen) atoms. The second-order valence-electron chi connectivity index (χ2n) is 4.54. The van der Waals surface area contributed by atoms with E-state index in [2.05, 4.69) is 5.32 Å². The van der Waals surface area contributed by atoms with E-state index in [1.807, 2.05) is 12.1 Å². The molecule has 0 saturated heterocycles. The van der Waals surface area contributed by atoms with Gasteiger partial charge in [-0.25, -0.2) is 0 Å². The van der Waals surface area contributed by atoms with Crippen LogP contribution in [-0.2, 0) is 15.0 Å². The van der Waals surface area contributed by atoms with Crippen LogP contribution in [0.15, 0.2) is 24.3 Å². The van der Waals surface area contributed by atoms with Crippen molar-refractivity contribution in [1.82, 2.24) is 0 Å². The lowest BCUT2D eigenvalue weighted by molar-refractivity contribution is -0.127. The molecule has 5 nitrogen and oxygen atoms in total. The molecule has 0 unspecified atom stereocenters. The Morgan fingerprint density at radius 3 is 2.58 bits per heavy atom. The molecule has 1 aromatic rings. The Kier molecular flexibility index (Phi) is 3.06. The zero-order chi connectivity index (χ0) is 14.0. The van der Waals surface area contributed by atoms with Crippen LogP contribution in [0.3, 0.4) is 0 Å². The third kappa shape index (κ3) is 1.76. The number of Topliss-reactive ketones (excluding diaryl/α,β-unsaturated/α-hetero) is 1. The van der Waals surface area contributed by atoms with Gasteiger partial charge in [-0.3, -0.25) is 9.59 Å². The van der Waals surface area contributed by atoms with Gasteiger partial charge in [-0.05, 0) is 18.6 Å². The standard InChI is InChI=1S/C14H11N3O2/c1-9(18)6-14(10(7-15)8-16)11-4-2-3-5-12(11)17-13(14)19/h2-5,10H,6H2,1H3,(H,17,19)/t14-/m0/s1. The molecule has 1 amide bonds. The number of fused-ring (bicyclic) bond motifs is 1. The smallest absolute Gasteiger partial charge is 0.238 e. The van der Waals surface area contributed by atoms with Crippen LogP contribution in [0.4, 0.5) is 5.69 Å². The first-order valence-electron chi connectivity index (χ1n) is 5.76. The van der Waals surface area contributed by atoms with Crippen molar-refractivity contribution in [3.63, 3.8) is 0 Å². The molecule has 1 aliphatic rings. The average molecular weight is 253 g/mol. The van der Waals surface area contributed by atoms with Gasteiger partial charge >= 0.3 is 0 Å². The van der Waals surface area contributed by atoms with Crippen LogP contribution >= 0.6 is 0 Å². The molecule has 0 saturated carbocycles. The van der Waals surface area contributed by atoms with Gasteiger partial charge in [0.25, 0.3) is 0 Å². The van der Waals surface area contributed by atoms with Gasteiger partial charge < -0.3 is 5.32 Å². The molecule has 0 fully saturated rings. The van der Waals surface area contributed by atoms with Crippen LogP contribution in [0.2, 0.25) is 0 Å². The van der Waals surface area contributed by atoms with Crippen LogP contribution in [-0.4, -0.2) is 11.7 Å². The summed E-state index contributed by atoms with van der Waals surface area (Å²) < 4.78 is 0. The topological polar surface area (TPSA) is 93.8 Å². The number of anilines is 1. The maximum Gasteiger partial charge on any atom is 0.238 e. The third-order valence-corrected chi connectivity index (χ3v) is 3.34. The predicted molar refractivity (Wildman–Crippen MR) is 66.8 cm³/mol. The molecule has 0 radical (unpaired) electrons. The lowest BCUT2D eigenvalue weighted by atomic mass is 9.69. The Labute approximate surface area is 110 Å². The molecular weight excluding hydrogens is 242 g/mol. The number of carbonyl (C=O) groups is 2. The Morgan fingerprint density at radius 1 is 1.37 bits per heavy atom. The number of nitrogens with one attached hydrogen (secondary N) is 1. The summed E-state index contributed by atoms with van der Waals surface area (Å²) in [4.78, 5) is 23.8. The Bertz CT molecular complexity index is 625. The summed E-state index contributed by atoms with van der Waals surface area (Å²) in [5.41, 5.74) is -0.293. The van der Waals surface area contributed by atoms with E-state index >= 15 is 0 Å². The average Bonchev–Trinajstić information content (AvgIpc) is 2.64. The molecule has 1 N–H and O–H groups in total. The molecule has 1 aromatic carbocycles. The maximum atomic E-state index is 12.3. The summed E-state index contributed by atoms with van der Waals surface area (Å²) in [6.45, 7) is 1.35. The summed E-state index contributed by atoms with van der Waals surface area (Å²) in [6, 6.07) is 10.5. The highest BCUT2D eigenvalue weighted by Crippen LogP contribution is 2.45. The number of carbonyl (C=O) groups excluding carboxylic acids is 2. The highest BCUT2D eigenvalue weighted by Gasteiger charge is 2.53. The van der Waals surface area contributed by atoms with Gasteiger partial charge in [-0.15, -0.1) is 0 Å². The van der Waals surface area contributed by atoms with E-state index in [9.17, 15) is 9.59 Å². The van der Waals surface area contributed by atoms with Crippen LogP contribution in [0.5, 0.6) is 0 Å². The van der Waals surface area contributed by atoms with Gasteiger partial charge in [0.15, 0.2) is 5.92 Å². The largest absolute Gasteiger partial charge is 0.325 e. The minimum atomic E-state index is -1.40. The number of nitriles is 2. The van der Waals surface area contributed by atoms with Gasteiger partial charge in [-0.2, -0.15) is 10.5 Å². The zero-order valence-corrected chi connectivity index (χ0v) is 10.3. The van der Waals surface area contributed by atoms with E-state index < -0.39 is 17.2 Å². The van der Waals surface area contributed by atoms with E-state index in [0.29, 0.717) is 11.3 Å². The van der Waals surface area contributed by atoms with E-state index in [0.717, 1.165) is 0 Å². The first-order chi connectivity index (χ1) is 9.06. The molecule has 1 heterocycles. The number of hydrogen-bond donors (Lipinski definition) is 1. The summed E-state index contributed by atoms with van der Waals surface area (Å²) in [7, 11) is 0. The van der Waals surface area contributed by atoms with Crippen LogP contribution in [0.25, 0.3) is 0 Å². The first-order valence-corrected chi connectivity index (χ1v) is 5.76. The zero-order valence-electron chi connectivity index (χ0n) is 10.3. The number of ketones is 1. The van der Waals surface area contributed by atoms with Crippen molar-refractivity contribution in [1.29, 1.82) is 10.5 Å². The van der Waals surface area contributed by atoms with Crippen LogP contribution in [0.1, 0.15) is 18.9 Å². The molecule has 1 aliphatic heterocycles. The Hall–Kier alpha value is -2.66. The van der Waals surface area contributed by atoms with Crippen molar-refractivity contribution < 1.29 is 9.59 Å². The summed E-state index contributed by atoms with van der Waals surface area (Å²) in [5, 5.41) is 20.9. The van der Waals surface area contributed by atoms with Gasteiger partial charge in [-0.1, -0.05) is 18.2 Å². The van der Waals surface area contributed by atoms with Crippen LogP contribution in [0, 0.1) is 28.6 Å². The third-order valence-electron chi connectivity index (χ3n) is 3.34. The number of amides is 1. The van der Waals surface area contributed by atoms with Gasteiger partial charge in [0.05, 0.1) is 12.1 Å². The quantitative estimate of drug-likeness (QED) is 0.883. The maximum absolute atomic E-state index is 12.3. The summed E-state index contributed by atoms with van der Waals surface area (Å²) >= 11 is 0. The lowest BCUT2D eigenvalue weighted by Gasteiger charge is -2.26. The van der Waals surface area contributed by atoms with Crippen molar-refractivity contribution in [2.75, 3.05) is 5.32 Å². The predicted octanol–water partition coefficient (Wildman–Crippen LogP) is 1.52. The molecular formula is C14H11N3O2. The fraction of sp³-hybridized carbons (Fsp3) is 0.286. The molecule has 0 spiro atoms. The Balaban J connectivity index is 2.69. The fourth-order valence-corrected chi connectivity index (χ4v) is 2.54. The molecule has 2 rings (SSSR count). The Morgan fingerprint density at radius 2 is 2.00 bits per heavy atom. The SMILES string of the molecule is CC(=O)C[C@@]1(C(C#N)C#N)C(=O)Nc2ccccc21. The second kappa shape index (κ2) is 4.55. The number of benzene rings is 1. The van der Waals surface area contributed by atoms with Crippen molar-refractivity contribution in [3.05, 3.63) is 29.8 Å². The van der Waals surface area contributed by atoms with Crippen molar-refractivity contribution in [2.24, 2.45) is 5.92 Å². The van der Waals surface area contributed by atoms with Crippen molar-refractivity contribution in [2.45, 2.75) is 18.8 Å². The number of nitrogens with zero attached hydrogens (tertiary/aromatic N) is 2. The van der Waals surface area contributed by atoms with E-state index in [1.165, 1.54) is 6.92 Å². The normalized spacial score (nSPS) is 20.3. The minimum absolute atomic E-state index is 0.151. The van der Waals surface area contributed by atoms with Crippen molar-refractivity contribution >= 4 is 17.4 Å². The van der Waals surface area contributed by atoms with Gasteiger partial charge in [0, 0.05) is 12.1 Å². The van der Waals surface area contributed by atoms with Crippen LogP contribution < -0.4 is 5.32 Å². The molecule has 0 aromatic heterocycles. The molecule has 0 aliphatic carbocycles. The highest BCUT2D eigenvalue weighted by molar-refractivity contribution is 6.09. The van der Waals surface area contributed by atoms with E-state index in [-0.39, 0.29) is 12.2 Å². The minimum Gasteiger partial charge on any atom is -0.325 e. The van der Waals surface area contributed by atoms with Gasteiger partial charge in [0.2, 0.25) is 5.91 Å². The summed E-state index contributed by atoms with van der Waals surface area (Å²) in [6.07, 6.45) is -0.151. The highest BCUT2D eigenvalue weighted by atomic mass is 16.2. The monoisotopic (exact) mass is 253 g/mol. The number of para-hydroxylation sites is 1. The molecule has 1 atom stereocenters. The number of hydrogen-bond acceptors (Lipinski definition) is 4. The second-order valence-corrected chi connectivity index (χ2v) is 4.54. The summed E-state index contributed by atoms with van der Waals surface area (Å²) in [5.74, 6) is -1.89. The van der Waals surface area contributed by atoms with Gasteiger partial charge in [0.1, 0.15) is 11.2 Å². The molecule has 94 valence electrons. The lowest BCUT2D eigenvalue weighted by Crippen LogP contribution is -2.42. The molecule has 0 bridgehead atoms. The first kappa shape index (κ1) is 12.8.